The number of likely N-dealkylation sites (N-methyl/N-ethyl adjacent to an activating group) is 1. The Morgan fingerprint density at radius 3 is 2.67 bits per heavy atom. The smallest absolute Gasteiger partial charge is 0.129 e. The molecule has 0 N–H and O–H groups in total. The van der Waals surface area contributed by atoms with Crippen LogP contribution in [0.3, 0.4) is 0 Å². The van der Waals surface area contributed by atoms with Gasteiger partial charge in [0.15, 0.2) is 0 Å². The van der Waals surface area contributed by atoms with Gasteiger partial charge in [0.05, 0.1) is 0 Å². The minimum absolute atomic E-state index is 0.180. The number of hydrogen-bond acceptors (Lipinski definition) is 2. The summed E-state index contributed by atoms with van der Waals surface area (Å²) in [5.41, 5.74) is 0.397. The first-order chi connectivity index (χ1) is 8.49. The number of hydrogen-bond donors (Lipinski definition) is 0. The number of Topliss-reactive ketones (excluding diaryl/α,β-unsaturated/α-hetero) is 1. The third-order valence-corrected chi connectivity index (χ3v) is 2.84. The van der Waals surface area contributed by atoms with Crippen LogP contribution in [0.2, 0.25) is 0 Å². The zero-order valence-electron chi connectivity index (χ0n) is 10.9. The van der Waals surface area contributed by atoms with Crippen LogP contribution in [-0.2, 0) is 11.2 Å². The van der Waals surface area contributed by atoms with E-state index in [0.717, 1.165) is 25.1 Å². The van der Waals surface area contributed by atoms with Crippen LogP contribution in [0.15, 0.2) is 18.2 Å². The Labute approximate surface area is 107 Å². The van der Waals surface area contributed by atoms with Gasteiger partial charge in [0.1, 0.15) is 17.4 Å². The molecule has 0 radical (unpaired) electrons. The summed E-state index contributed by atoms with van der Waals surface area (Å²) >= 11 is 0. The molecule has 0 heterocycles. The monoisotopic (exact) mass is 255 g/mol. The normalized spacial score (nSPS) is 10.9. The van der Waals surface area contributed by atoms with Crippen molar-refractivity contribution >= 4 is 5.78 Å². The third-order valence-electron chi connectivity index (χ3n) is 2.84. The van der Waals surface area contributed by atoms with Crippen LogP contribution >= 0.6 is 0 Å². The largest absolute Gasteiger partial charge is 0.306 e. The van der Waals surface area contributed by atoms with E-state index in [-0.39, 0.29) is 11.6 Å². The Bertz CT molecular complexity index is 407. The van der Waals surface area contributed by atoms with Crippen molar-refractivity contribution in [1.82, 2.24) is 4.90 Å². The summed E-state index contributed by atoms with van der Waals surface area (Å²) in [4.78, 5) is 12.8. The Morgan fingerprint density at radius 1 is 1.28 bits per heavy atom. The van der Waals surface area contributed by atoms with E-state index in [1.165, 1.54) is 6.07 Å². The van der Waals surface area contributed by atoms with Crippen LogP contribution in [0, 0.1) is 11.6 Å². The van der Waals surface area contributed by atoms with E-state index in [1.54, 1.807) is 6.92 Å². The Balaban J connectivity index is 2.35. The molecule has 1 aromatic rings. The number of halogens is 2. The van der Waals surface area contributed by atoms with E-state index in [2.05, 4.69) is 0 Å². The molecule has 0 fully saturated rings. The summed E-state index contributed by atoms with van der Waals surface area (Å²) in [5, 5.41) is 0. The molecule has 0 unspecified atom stereocenters. The van der Waals surface area contributed by atoms with Crippen molar-refractivity contribution in [2.24, 2.45) is 0 Å². The maximum Gasteiger partial charge on any atom is 0.129 e. The van der Waals surface area contributed by atoms with Gasteiger partial charge >= 0.3 is 0 Å². The van der Waals surface area contributed by atoms with E-state index in [4.69, 9.17) is 0 Å². The average Bonchev–Trinajstić information content (AvgIpc) is 2.30. The first-order valence-corrected chi connectivity index (χ1v) is 6.11. The average molecular weight is 255 g/mol. The second-order valence-electron chi connectivity index (χ2n) is 4.59. The number of nitrogens with zero attached hydrogens (tertiary/aromatic N) is 1. The van der Waals surface area contributed by atoms with Gasteiger partial charge < -0.3 is 9.69 Å². The van der Waals surface area contributed by atoms with E-state index in [9.17, 15) is 13.6 Å². The van der Waals surface area contributed by atoms with Gasteiger partial charge in [-0.15, -0.1) is 0 Å². The summed E-state index contributed by atoms with van der Waals surface area (Å²) in [6, 6.07) is 3.51. The summed E-state index contributed by atoms with van der Waals surface area (Å²) in [6.45, 7) is 3.01. The predicted octanol–water partition coefficient (Wildman–Crippen LogP) is 2.81. The predicted molar refractivity (Wildman–Crippen MR) is 67.5 cm³/mol. The lowest BCUT2D eigenvalue weighted by molar-refractivity contribution is -0.117. The van der Waals surface area contributed by atoms with Crippen molar-refractivity contribution < 1.29 is 13.6 Å². The molecule has 0 saturated heterocycles. The first kappa shape index (κ1) is 14.8. The van der Waals surface area contributed by atoms with Crippen LogP contribution in [-0.4, -0.2) is 30.8 Å². The molecule has 0 bridgehead atoms. The fraction of sp³-hybridized carbons (Fsp3) is 0.500. The van der Waals surface area contributed by atoms with Crippen molar-refractivity contribution in [2.75, 3.05) is 20.1 Å². The van der Waals surface area contributed by atoms with Gasteiger partial charge in [-0.25, -0.2) is 8.78 Å². The highest BCUT2D eigenvalue weighted by Gasteiger charge is 2.06. The minimum atomic E-state index is -0.411. The number of carbonyl (C=O) groups excluding carboxylic acids is 1. The second kappa shape index (κ2) is 7.21. The van der Waals surface area contributed by atoms with E-state index in [1.807, 2.05) is 11.9 Å². The van der Waals surface area contributed by atoms with Crippen molar-refractivity contribution in [3.05, 3.63) is 35.4 Å². The molecular weight excluding hydrogens is 236 g/mol. The summed E-state index contributed by atoms with van der Waals surface area (Å²) in [6.07, 6.45) is 1.84. The Kier molecular flexibility index (Phi) is 5.92. The van der Waals surface area contributed by atoms with Gasteiger partial charge in [-0.1, -0.05) is 0 Å². The Hall–Kier alpha value is -1.29. The van der Waals surface area contributed by atoms with E-state index >= 15 is 0 Å². The fourth-order valence-corrected chi connectivity index (χ4v) is 1.76. The molecule has 0 saturated carbocycles. The zero-order chi connectivity index (χ0) is 13.5. The number of ketones is 1. The van der Waals surface area contributed by atoms with E-state index in [0.29, 0.717) is 24.9 Å². The first-order valence-electron chi connectivity index (χ1n) is 6.11. The maximum atomic E-state index is 13.3. The molecule has 1 aromatic carbocycles. The summed E-state index contributed by atoms with van der Waals surface area (Å²) in [7, 11) is 1.91. The highest BCUT2D eigenvalue weighted by Crippen LogP contribution is 2.10. The van der Waals surface area contributed by atoms with Crippen LogP contribution in [0.4, 0.5) is 8.78 Å². The molecule has 0 aliphatic rings. The SMILES string of the molecule is CC(=O)CCCN(C)CCc1cc(F)ccc1F. The quantitative estimate of drug-likeness (QED) is 0.746. The van der Waals surface area contributed by atoms with Gasteiger partial charge in [-0.05, 0) is 57.1 Å². The molecule has 1 rings (SSSR count). The van der Waals surface area contributed by atoms with Crippen molar-refractivity contribution in [1.29, 1.82) is 0 Å². The topological polar surface area (TPSA) is 20.3 Å². The molecule has 0 spiro atoms. The van der Waals surface area contributed by atoms with Crippen LogP contribution in [0.25, 0.3) is 0 Å². The molecule has 0 atom stereocenters. The number of carbonyl (C=O) groups is 1. The molecule has 0 amide bonds. The van der Waals surface area contributed by atoms with Gasteiger partial charge in [0, 0.05) is 13.0 Å². The molecule has 0 aliphatic carbocycles. The van der Waals surface area contributed by atoms with Crippen molar-refractivity contribution in [2.45, 2.75) is 26.2 Å². The minimum Gasteiger partial charge on any atom is -0.306 e. The van der Waals surface area contributed by atoms with Gasteiger partial charge in [-0.2, -0.15) is 0 Å². The maximum absolute atomic E-state index is 13.3. The van der Waals surface area contributed by atoms with Gasteiger partial charge in [0.2, 0.25) is 0 Å². The number of benzene rings is 1. The molecular formula is C14H19F2NO. The van der Waals surface area contributed by atoms with Crippen molar-refractivity contribution in [3.63, 3.8) is 0 Å². The van der Waals surface area contributed by atoms with Gasteiger partial charge in [0.25, 0.3) is 0 Å². The lowest BCUT2D eigenvalue weighted by Crippen LogP contribution is -2.23. The summed E-state index contributed by atoms with van der Waals surface area (Å²) < 4.78 is 26.3. The van der Waals surface area contributed by atoms with E-state index < -0.39 is 5.82 Å². The summed E-state index contributed by atoms with van der Waals surface area (Å²) in [5.74, 6) is -0.598. The number of rotatable bonds is 7. The van der Waals surface area contributed by atoms with Gasteiger partial charge in [-0.3, -0.25) is 0 Å². The zero-order valence-corrected chi connectivity index (χ0v) is 10.9. The lowest BCUT2D eigenvalue weighted by Gasteiger charge is -2.16. The lowest BCUT2D eigenvalue weighted by atomic mass is 10.1. The molecule has 2 nitrogen and oxygen atoms in total. The molecule has 4 heteroatoms. The molecule has 18 heavy (non-hydrogen) atoms. The highest BCUT2D eigenvalue weighted by atomic mass is 19.1. The molecule has 0 aliphatic heterocycles. The van der Waals surface area contributed by atoms with Crippen molar-refractivity contribution in [3.8, 4) is 0 Å². The Morgan fingerprint density at radius 2 is 2.00 bits per heavy atom. The molecule has 0 aromatic heterocycles. The van der Waals surface area contributed by atoms with Crippen LogP contribution in [0.5, 0.6) is 0 Å². The fourth-order valence-electron chi connectivity index (χ4n) is 1.76. The second-order valence-corrected chi connectivity index (χ2v) is 4.59. The standard InChI is InChI=1S/C14H19F2NO/c1-11(18)4-3-8-17(2)9-7-12-10-13(15)5-6-14(12)16/h5-6,10H,3-4,7-9H2,1-2H3. The highest BCUT2D eigenvalue weighted by molar-refractivity contribution is 5.75. The third kappa shape index (κ3) is 5.36. The van der Waals surface area contributed by atoms with Crippen LogP contribution < -0.4 is 0 Å². The van der Waals surface area contributed by atoms with Crippen LogP contribution in [0.1, 0.15) is 25.3 Å². The molecule has 100 valence electrons.